The van der Waals surface area contributed by atoms with Crippen molar-refractivity contribution in [2.24, 2.45) is 0 Å². The summed E-state index contributed by atoms with van der Waals surface area (Å²) in [5.41, 5.74) is 0. The molecule has 6 heteroatoms. The highest BCUT2D eigenvalue weighted by molar-refractivity contribution is 5.76. The third-order valence-electron chi connectivity index (χ3n) is 2.26. The Kier molecular flexibility index (Phi) is 6.53. The summed E-state index contributed by atoms with van der Waals surface area (Å²) in [6.45, 7) is 6.15. The third-order valence-corrected chi connectivity index (χ3v) is 2.26. The van der Waals surface area contributed by atoms with Crippen LogP contribution in [0.1, 0.15) is 26.7 Å². The van der Waals surface area contributed by atoms with E-state index in [-0.39, 0.29) is 5.91 Å². The molecule has 0 fully saturated rings. The Bertz CT molecular complexity index is 369. The van der Waals surface area contributed by atoms with Gasteiger partial charge in [-0.3, -0.25) is 4.79 Å². The van der Waals surface area contributed by atoms with Crippen molar-refractivity contribution in [3.05, 3.63) is 12.4 Å². The number of carbonyl (C=O) groups excluding carboxylic acids is 1. The first-order chi connectivity index (χ1) is 8.76. The van der Waals surface area contributed by atoms with E-state index in [9.17, 15) is 4.79 Å². The number of nitrogens with zero attached hydrogens (tertiary/aromatic N) is 2. The number of aromatic nitrogens is 2. The minimum Gasteiger partial charge on any atom is -0.370 e. The summed E-state index contributed by atoms with van der Waals surface area (Å²) < 4.78 is 0. The first-order valence-electron chi connectivity index (χ1n) is 6.32. The molecule has 0 bridgehead atoms. The third kappa shape index (κ3) is 5.47. The van der Waals surface area contributed by atoms with Crippen LogP contribution in [0.15, 0.2) is 12.4 Å². The summed E-state index contributed by atoms with van der Waals surface area (Å²) in [5.74, 6) is 1.57. The zero-order chi connectivity index (χ0) is 13.2. The van der Waals surface area contributed by atoms with E-state index in [0.717, 1.165) is 31.1 Å². The van der Waals surface area contributed by atoms with Crippen LogP contribution in [0.2, 0.25) is 0 Å². The van der Waals surface area contributed by atoms with Gasteiger partial charge < -0.3 is 16.0 Å². The van der Waals surface area contributed by atoms with Gasteiger partial charge in [-0.2, -0.15) is 0 Å². The van der Waals surface area contributed by atoms with Crippen molar-refractivity contribution in [1.82, 2.24) is 15.3 Å². The quantitative estimate of drug-likeness (QED) is 0.648. The Morgan fingerprint density at radius 1 is 1.17 bits per heavy atom. The zero-order valence-corrected chi connectivity index (χ0v) is 11.0. The van der Waals surface area contributed by atoms with Gasteiger partial charge in [0.05, 0.1) is 0 Å². The zero-order valence-electron chi connectivity index (χ0n) is 11.0. The lowest BCUT2D eigenvalue weighted by Gasteiger charge is -2.07. The molecule has 100 valence electrons. The van der Waals surface area contributed by atoms with Crippen molar-refractivity contribution in [3.63, 3.8) is 0 Å². The molecule has 1 heterocycles. The van der Waals surface area contributed by atoms with E-state index in [1.165, 1.54) is 6.33 Å². The number of rotatable bonds is 8. The standard InChI is InChI=1S/C12H21N5O/c1-3-6-15-12(18)5-7-14-11-8-10(13-4-2)16-9-17-11/h8-9H,3-7H2,1-2H3,(H,15,18)(H2,13,14,16,17). The van der Waals surface area contributed by atoms with Crippen molar-refractivity contribution < 1.29 is 4.79 Å². The highest BCUT2D eigenvalue weighted by Crippen LogP contribution is 2.07. The van der Waals surface area contributed by atoms with Crippen molar-refractivity contribution in [2.75, 3.05) is 30.3 Å². The number of anilines is 2. The van der Waals surface area contributed by atoms with Gasteiger partial charge in [0.1, 0.15) is 18.0 Å². The van der Waals surface area contributed by atoms with E-state index >= 15 is 0 Å². The maximum atomic E-state index is 11.4. The van der Waals surface area contributed by atoms with Crippen molar-refractivity contribution >= 4 is 17.5 Å². The molecule has 0 aromatic carbocycles. The van der Waals surface area contributed by atoms with Crippen LogP contribution in [-0.2, 0) is 4.79 Å². The SMILES string of the molecule is CCCNC(=O)CCNc1cc(NCC)ncn1. The fraction of sp³-hybridized carbons (Fsp3) is 0.583. The van der Waals surface area contributed by atoms with E-state index in [2.05, 4.69) is 25.9 Å². The monoisotopic (exact) mass is 251 g/mol. The van der Waals surface area contributed by atoms with Gasteiger partial charge in [-0.1, -0.05) is 6.92 Å². The molecule has 18 heavy (non-hydrogen) atoms. The summed E-state index contributed by atoms with van der Waals surface area (Å²) >= 11 is 0. The molecular weight excluding hydrogens is 230 g/mol. The molecule has 1 aromatic heterocycles. The molecule has 1 aromatic rings. The Morgan fingerprint density at radius 3 is 2.56 bits per heavy atom. The second-order valence-corrected chi connectivity index (χ2v) is 3.85. The summed E-state index contributed by atoms with van der Waals surface area (Å²) in [4.78, 5) is 19.5. The summed E-state index contributed by atoms with van der Waals surface area (Å²) in [7, 11) is 0. The number of hydrogen-bond acceptors (Lipinski definition) is 5. The van der Waals surface area contributed by atoms with Crippen LogP contribution >= 0.6 is 0 Å². The number of carbonyl (C=O) groups is 1. The summed E-state index contributed by atoms with van der Waals surface area (Å²) in [6.07, 6.45) is 2.90. The van der Waals surface area contributed by atoms with Crippen LogP contribution in [-0.4, -0.2) is 35.5 Å². The van der Waals surface area contributed by atoms with Crippen molar-refractivity contribution in [3.8, 4) is 0 Å². The molecule has 0 atom stereocenters. The van der Waals surface area contributed by atoms with Gasteiger partial charge in [0.2, 0.25) is 5.91 Å². The lowest BCUT2D eigenvalue weighted by molar-refractivity contribution is -0.120. The van der Waals surface area contributed by atoms with E-state index in [0.29, 0.717) is 13.0 Å². The van der Waals surface area contributed by atoms with Gasteiger partial charge in [-0.25, -0.2) is 9.97 Å². The Balaban J connectivity index is 2.30. The average molecular weight is 251 g/mol. The van der Waals surface area contributed by atoms with Crippen LogP contribution < -0.4 is 16.0 Å². The molecule has 1 amide bonds. The van der Waals surface area contributed by atoms with Crippen LogP contribution in [0.5, 0.6) is 0 Å². The smallest absolute Gasteiger partial charge is 0.221 e. The summed E-state index contributed by atoms with van der Waals surface area (Å²) in [5, 5.41) is 9.03. The van der Waals surface area contributed by atoms with Crippen LogP contribution in [0.4, 0.5) is 11.6 Å². The van der Waals surface area contributed by atoms with Gasteiger partial charge in [0.25, 0.3) is 0 Å². The molecular formula is C12H21N5O. The van der Waals surface area contributed by atoms with Gasteiger partial charge in [-0.15, -0.1) is 0 Å². The number of hydrogen-bond donors (Lipinski definition) is 3. The molecule has 0 radical (unpaired) electrons. The van der Waals surface area contributed by atoms with Crippen LogP contribution in [0.3, 0.4) is 0 Å². The highest BCUT2D eigenvalue weighted by Gasteiger charge is 2.01. The minimum atomic E-state index is 0.0605. The number of amides is 1. The van der Waals surface area contributed by atoms with Crippen LogP contribution in [0, 0.1) is 0 Å². The van der Waals surface area contributed by atoms with Gasteiger partial charge in [0, 0.05) is 32.1 Å². The molecule has 1 rings (SSSR count). The first-order valence-corrected chi connectivity index (χ1v) is 6.32. The average Bonchev–Trinajstić information content (AvgIpc) is 2.37. The fourth-order valence-corrected chi connectivity index (χ4v) is 1.39. The normalized spacial score (nSPS) is 9.89. The Labute approximate surface area is 108 Å². The second-order valence-electron chi connectivity index (χ2n) is 3.85. The van der Waals surface area contributed by atoms with Gasteiger partial charge in [-0.05, 0) is 13.3 Å². The molecule has 0 saturated carbocycles. The molecule has 0 aliphatic rings. The summed E-state index contributed by atoms with van der Waals surface area (Å²) in [6, 6.07) is 1.83. The van der Waals surface area contributed by atoms with Crippen molar-refractivity contribution in [1.29, 1.82) is 0 Å². The molecule has 3 N–H and O–H groups in total. The topological polar surface area (TPSA) is 78.9 Å². The maximum Gasteiger partial charge on any atom is 0.221 e. The minimum absolute atomic E-state index is 0.0605. The largest absolute Gasteiger partial charge is 0.370 e. The fourth-order valence-electron chi connectivity index (χ4n) is 1.39. The van der Waals surface area contributed by atoms with Crippen molar-refractivity contribution in [2.45, 2.75) is 26.7 Å². The number of nitrogens with one attached hydrogen (secondary N) is 3. The maximum absolute atomic E-state index is 11.4. The Morgan fingerprint density at radius 2 is 1.89 bits per heavy atom. The van der Waals surface area contributed by atoms with Gasteiger partial charge >= 0.3 is 0 Å². The second kappa shape index (κ2) is 8.27. The molecule has 0 saturated heterocycles. The lowest BCUT2D eigenvalue weighted by atomic mass is 10.3. The van der Waals surface area contributed by atoms with E-state index in [4.69, 9.17) is 0 Å². The molecule has 6 nitrogen and oxygen atoms in total. The lowest BCUT2D eigenvalue weighted by Crippen LogP contribution is -2.26. The molecule has 0 spiro atoms. The Hall–Kier alpha value is -1.85. The molecule has 0 aliphatic carbocycles. The molecule has 0 aliphatic heterocycles. The van der Waals surface area contributed by atoms with Crippen LogP contribution in [0.25, 0.3) is 0 Å². The van der Waals surface area contributed by atoms with E-state index in [1.807, 2.05) is 19.9 Å². The van der Waals surface area contributed by atoms with Gasteiger partial charge in [0.15, 0.2) is 0 Å². The highest BCUT2D eigenvalue weighted by atomic mass is 16.1. The van der Waals surface area contributed by atoms with E-state index in [1.54, 1.807) is 0 Å². The molecule has 0 unspecified atom stereocenters. The van der Waals surface area contributed by atoms with E-state index < -0.39 is 0 Å². The first kappa shape index (κ1) is 14.2. The predicted molar refractivity (Wildman–Crippen MR) is 72.6 cm³/mol. The predicted octanol–water partition coefficient (Wildman–Crippen LogP) is 1.24.